The van der Waals surface area contributed by atoms with Crippen molar-refractivity contribution in [1.82, 2.24) is 5.32 Å². The zero-order valence-corrected chi connectivity index (χ0v) is 17.7. The number of carbonyl (C=O) groups is 1. The molecular formula is C23H22F3NO5. The van der Waals surface area contributed by atoms with Gasteiger partial charge in [-0.05, 0) is 42.0 Å². The van der Waals surface area contributed by atoms with Gasteiger partial charge in [0.05, 0.1) is 33.4 Å². The highest BCUT2D eigenvalue weighted by molar-refractivity contribution is 5.92. The molecule has 0 aliphatic rings. The van der Waals surface area contributed by atoms with E-state index in [0.717, 1.165) is 12.1 Å². The molecule has 0 aliphatic carbocycles. The Hall–Kier alpha value is -3.80. The third kappa shape index (κ3) is 7.16. The molecule has 0 aromatic heterocycles. The molecule has 0 radical (unpaired) electrons. The number of halogens is 3. The van der Waals surface area contributed by atoms with Crippen molar-refractivity contribution in [3.05, 3.63) is 53.6 Å². The van der Waals surface area contributed by atoms with Gasteiger partial charge in [-0.3, -0.25) is 4.79 Å². The highest BCUT2D eigenvalue weighted by atomic mass is 19.4. The Morgan fingerprint density at radius 2 is 1.72 bits per heavy atom. The number of alkyl halides is 3. The van der Waals surface area contributed by atoms with Gasteiger partial charge in [-0.1, -0.05) is 17.9 Å². The zero-order valence-electron chi connectivity index (χ0n) is 17.7. The molecular weight excluding hydrogens is 427 g/mol. The van der Waals surface area contributed by atoms with E-state index < -0.39 is 11.7 Å². The molecule has 6 nitrogen and oxygen atoms in total. The molecule has 0 heterocycles. The fourth-order valence-electron chi connectivity index (χ4n) is 2.55. The molecule has 2 aromatic rings. The summed E-state index contributed by atoms with van der Waals surface area (Å²) in [6.45, 7) is -0.0666. The number of hydrogen-bond donors (Lipinski definition) is 1. The monoisotopic (exact) mass is 449 g/mol. The number of carbonyl (C=O) groups excluding carboxylic acids is 1. The molecule has 0 aliphatic heterocycles. The van der Waals surface area contributed by atoms with E-state index in [1.807, 2.05) is 0 Å². The number of ether oxygens (including phenoxy) is 4. The first-order valence-corrected chi connectivity index (χ1v) is 9.30. The maximum absolute atomic E-state index is 12.7. The fraction of sp³-hybridized carbons (Fsp3) is 0.261. The molecule has 170 valence electrons. The second-order valence-electron chi connectivity index (χ2n) is 6.18. The highest BCUT2D eigenvalue weighted by Gasteiger charge is 2.30. The average Bonchev–Trinajstić information content (AvgIpc) is 2.78. The predicted octanol–water partition coefficient (Wildman–Crippen LogP) is 3.94. The Morgan fingerprint density at radius 3 is 2.31 bits per heavy atom. The Bertz CT molecular complexity index is 997. The van der Waals surface area contributed by atoms with Crippen LogP contribution in [-0.2, 0) is 11.0 Å². The van der Waals surface area contributed by atoms with Crippen LogP contribution in [0.15, 0.2) is 42.5 Å². The van der Waals surface area contributed by atoms with E-state index in [9.17, 15) is 18.0 Å². The number of nitrogens with one attached hydrogen (secondary N) is 1. The minimum absolute atomic E-state index is 0.0460. The molecule has 0 fully saturated rings. The summed E-state index contributed by atoms with van der Waals surface area (Å²) >= 11 is 0. The summed E-state index contributed by atoms with van der Waals surface area (Å²) in [5.74, 6) is 6.32. The smallest absolute Gasteiger partial charge is 0.416 e. The van der Waals surface area contributed by atoms with E-state index in [4.69, 9.17) is 18.9 Å². The first kappa shape index (κ1) is 24.5. The Kier molecular flexibility index (Phi) is 8.83. The van der Waals surface area contributed by atoms with Crippen LogP contribution in [0, 0.1) is 11.8 Å². The van der Waals surface area contributed by atoms with Crippen molar-refractivity contribution in [2.45, 2.75) is 6.18 Å². The third-order valence-corrected chi connectivity index (χ3v) is 4.06. The lowest BCUT2D eigenvalue weighted by Crippen LogP contribution is -2.21. The van der Waals surface area contributed by atoms with Crippen LogP contribution in [0.5, 0.6) is 23.0 Å². The molecule has 1 amide bonds. The first-order valence-electron chi connectivity index (χ1n) is 9.30. The van der Waals surface area contributed by atoms with E-state index in [1.54, 1.807) is 18.2 Å². The number of amides is 1. The molecule has 0 saturated carbocycles. The molecule has 2 aromatic carbocycles. The van der Waals surface area contributed by atoms with E-state index in [1.165, 1.54) is 39.5 Å². The maximum atomic E-state index is 12.7. The second-order valence-corrected chi connectivity index (χ2v) is 6.18. The van der Waals surface area contributed by atoms with Crippen molar-refractivity contribution in [2.75, 3.05) is 34.5 Å². The van der Waals surface area contributed by atoms with Crippen molar-refractivity contribution >= 4 is 12.0 Å². The van der Waals surface area contributed by atoms with Gasteiger partial charge in [-0.15, -0.1) is 0 Å². The van der Waals surface area contributed by atoms with Crippen LogP contribution >= 0.6 is 0 Å². The van der Waals surface area contributed by atoms with Gasteiger partial charge >= 0.3 is 6.18 Å². The van der Waals surface area contributed by atoms with Gasteiger partial charge < -0.3 is 24.3 Å². The van der Waals surface area contributed by atoms with Gasteiger partial charge in [0.2, 0.25) is 11.7 Å². The van der Waals surface area contributed by atoms with Gasteiger partial charge in [0.15, 0.2) is 11.5 Å². The molecule has 32 heavy (non-hydrogen) atoms. The van der Waals surface area contributed by atoms with Gasteiger partial charge in [0.1, 0.15) is 12.4 Å². The lowest BCUT2D eigenvalue weighted by atomic mass is 10.1. The minimum Gasteiger partial charge on any atom is -0.493 e. The van der Waals surface area contributed by atoms with Crippen LogP contribution in [0.3, 0.4) is 0 Å². The molecule has 0 unspecified atom stereocenters. The van der Waals surface area contributed by atoms with E-state index in [-0.39, 0.29) is 24.8 Å². The number of methoxy groups -OCH3 is 3. The van der Waals surface area contributed by atoms with Gasteiger partial charge in [-0.2, -0.15) is 13.2 Å². The summed E-state index contributed by atoms with van der Waals surface area (Å²) < 4.78 is 58.9. The van der Waals surface area contributed by atoms with Gasteiger partial charge in [0, 0.05) is 6.08 Å². The molecule has 0 bridgehead atoms. The van der Waals surface area contributed by atoms with Crippen LogP contribution in [0.4, 0.5) is 13.2 Å². The zero-order chi connectivity index (χ0) is 23.6. The van der Waals surface area contributed by atoms with Crippen LogP contribution < -0.4 is 24.3 Å². The average molecular weight is 449 g/mol. The van der Waals surface area contributed by atoms with Crippen LogP contribution in [0.25, 0.3) is 6.08 Å². The molecule has 1 N–H and O–H groups in total. The van der Waals surface area contributed by atoms with E-state index in [0.29, 0.717) is 22.8 Å². The van der Waals surface area contributed by atoms with Crippen molar-refractivity contribution < 1.29 is 36.9 Å². The summed E-state index contributed by atoms with van der Waals surface area (Å²) in [4.78, 5) is 11.9. The maximum Gasteiger partial charge on any atom is 0.416 e. The van der Waals surface area contributed by atoms with Gasteiger partial charge in [-0.25, -0.2) is 0 Å². The number of rotatable bonds is 8. The lowest BCUT2D eigenvalue weighted by Gasteiger charge is -2.12. The topological polar surface area (TPSA) is 66.0 Å². The summed E-state index contributed by atoms with van der Waals surface area (Å²) in [6.07, 6.45) is -1.55. The molecule has 0 spiro atoms. The van der Waals surface area contributed by atoms with Crippen molar-refractivity contribution in [3.63, 3.8) is 0 Å². The second kappa shape index (κ2) is 11.6. The number of hydrogen-bond acceptors (Lipinski definition) is 5. The first-order chi connectivity index (χ1) is 15.3. The Morgan fingerprint density at radius 1 is 1.03 bits per heavy atom. The van der Waals surface area contributed by atoms with Crippen LogP contribution in [0.2, 0.25) is 0 Å². The lowest BCUT2D eigenvalue weighted by molar-refractivity contribution is -0.137. The molecule has 2 rings (SSSR count). The van der Waals surface area contributed by atoms with Crippen molar-refractivity contribution in [3.8, 4) is 34.8 Å². The predicted molar refractivity (Wildman–Crippen MR) is 113 cm³/mol. The summed E-state index contributed by atoms with van der Waals surface area (Å²) in [6, 6.07) is 7.90. The number of benzene rings is 2. The molecule has 0 atom stereocenters. The summed E-state index contributed by atoms with van der Waals surface area (Å²) in [5.41, 5.74) is -0.135. The minimum atomic E-state index is -4.44. The summed E-state index contributed by atoms with van der Waals surface area (Å²) in [7, 11) is 4.48. The quantitative estimate of drug-likeness (QED) is 0.489. The Balaban J connectivity index is 1.85. The fourth-order valence-corrected chi connectivity index (χ4v) is 2.55. The Labute approximate surface area is 183 Å². The molecule has 0 saturated heterocycles. The van der Waals surface area contributed by atoms with Crippen molar-refractivity contribution in [2.24, 2.45) is 0 Å². The van der Waals surface area contributed by atoms with Crippen molar-refractivity contribution in [1.29, 1.82) is 0 Å². The van der Waals surface area contributed by atoms with Crippen LogP contribution in [-0.4, -0.2) is 40.4 Å². The summed E-state index contributed by atoms with van der Waals surface area (Å²) in [5, 5.41) is 2.57. The van der Waals surface area contributed by atoms with E-state index in [2.05, 4.69) is 17.2 Å². The van der Waals surface area contributed by atoms with Gasteiger partial charge in [0.25, 0.3) is 0 Å². The normalized spacial score (nSPS) is 10.8. The standard InChI is InChI=1S/C23H22F3NO5/c1-29-19-13-16(14-20(30-2)22(19)31-3)9-10-21(28)27-11-4-5-12-32-18-8-6-7-17(15-18)23(24,25)26/h6-10,13-15H,11-12H2,1-3H3,(H,27,28)/b10-9+. The highest BCUT2D eigenvalue weighted by Crippen LogP contribution is 2.38. The third-order valence-electron chi connectivity index (χ3n) is 4.06. The van der Waals surface area contributed by atoms with Crippen LogP contribution in [0.1, 0.15) is 11.1 Å². The SMILES string of the molecule is COc1cc(/C=C/C(=O)NCC#CCOc2cccc(C(F)(F)F)c2)cc(OC)c1OC. The largest absolute Gasteiger partial charge is 0.493 e. The molecule has 9 heteroatoms. The van der Waals surface area contributed by atoms with E-state index >= 15 is 0 Å².